The van der Waals surface area contributed by atoms with E-state index in [1.807, 2.05) is 0 Å². The van der Waals surface area contributed by atoms with Crippen molar-refractivity contribution in [3.05, 3.63) is 57.4 Å². The van der Waals surface area contributed by atoms with Crippen LogP contribution in [0.25, 0.3) is 0 Å². The van der Waals surface area contributed by atoms with Gasteiger partial charge in [-0.3, -0.25) is 24.5 Å². The number of esters is 1. The average molecular weight is 507 g/mol. The van der Waals surface area contributed by atoms with Crippen LogP contribution in [-0.4, -0.2) is 43.6 Å². The number of methoxy groups -OCH3 is 1. The molecule has 0 aliphatic carbocycles. The molecule has 0 radical (unpaired) electrons. The normalized spacial score (nSPS) is 11.8. The summed E-state index contributed by atoms with van der Waals surface area (Å²) in [5, 5.41) is 4.91. The molecule has 1 aromatic heterocycles. The van der Waals surface area contributed by atoms with Crippen molar-refractivity contribution in [1.29, 1.82) is 0 Å². The number of carbonyl (C=O) groups is 4. The summed E-state index contributed by atoms with van der Waals surface area (Å²) in [5.74, 6) is -1.44. The predicted octanol–water partition coefficient (Wildman–Crippen LogP) is 3.43. The van der Waals surface area contributed by atoms with Crippen LogP contribution in [0.2, 0.25) is 0 Å². The lowest BCUT2D eigenvalue weighted by atomic mass is 10.0. The quantitative estimate of drug-likeness (QED) is 0.215. The van der Waals surface area contributed by atoms with Crippen molar-refractivity contribution in [2.45, 2.75) is 59.4 Å². The third kappa shape index (κ3) is 10.6. The first-order valence-corrected chi connectivity index (χ1v) is 11.1. The number of rotatable bonds is 10. The van der Waals surface area contributed by atoms with E-state index in [-0.39, 0.29) is 11.4 Å². The zero-order valence-corrected chi connectivity index (χ0v) is 20.9. The Labute approximate surface area is 208 Å². The van der Waals surface area contributed by atoms with Crippen LogP contribution in [0.4, 0.5) is 10.3 Å². The third-order valence-electron chi connectivity index (χ3n) is 4.60. The molecule has 2 N–H and O–H groups in total. The second-order valence-corrected chi connectivity index (χ2v) is 7.75. The maximum atomic E-state index is 13.0. The van der Waals surface area contributed by atoms with Crippen molar-refractivity contribution in [3.8, 4) is 5.75 Å². The van der Waals surface area contributed by atoms with Crippen molar-refractivity contribution >= 4 is 30.0 Å². The van der Waals surface area contributed by atoms with Gasteiger partial charge in [0.1, 0.15) is 17.5 Å². The first kappa shape index (κ1) is 30.2. The summed E-state index contributed by atoms with van der Waals surface area (Å²) >= 11 is 0. The molecule has 2 unspecified atom stereocenters. The number of hydrogen-bond acceptors (Lipinski definition) is 9. The van der Waals surface area contributed by atoms with E-state index in [1.54, 1.807) is 31.2 Å². The van der Waals surface area contributed by atoms with Crippen LogP contribution in [0.5, 0.6) is 5.75 Å². The molecule has 2 amide bonds. The largest absolute Gasteiger partial charge is 0.426 e. The maximum absolute atomic E-state index is 13.0. The zero-order chi connectivity index (χ0) is 27.3. The van der Waals surface area contributed by atoms with Gasteiger partial charge in [0.15, 0.2) is 6.29 Å². The molecule has 0 saturated carbocycles. The Hall–Kier alpha value is -3.86. The van der Waals surface area contributed by atoms with E-state index in [9.17, 15) is 28.4 Å². The van der Waals surface area contributed by atoms with Crippen molar-refractivity contribution in [2.75, 3.05) is 12.4 Å². The number of hydrogen-bond donors (Lipinski definition) is 2. The Kier molecular flexibility index (Phi) is 12.7. The molecular weight excluding hydrogens is 475 g/mol. The number of alkyl halides is 1. The maximum Gasteiger partial charge on any atom is 0.337 e. The highest BCUT2D eigenvalue weighted by Gasteiger charge is 2.22. The van der Waals surface area contributed by atoms with Crippen molar-refractivity contribution in [3.63, 3.8) is 0 Å². The first-order chi connectivity index (χ1) is 17.0. The zero-order valence-electron chi connectivity index (χ0n) is 20.9. The van der Waals surface area contributed by atoms with Crippen LogP contribution in [0.3, 0.4) is 0 Å². The van der Waals surface area contributed by atoms with E-state index in [1.165, 1.54) is 33.9 Å². The lowest BCUT2D eigenvalue weighted by molar-refractivity contribution is -0.131. The first-order valence-electron chi connectivity index (χ1n) is 11.1. The summed E-state index contributed by atoms with van der Waals surface area (Å²) in [6.45, 7) is 5.59. The average Bonchev–Trinajstić information content (AvgIpc) is 2.78. The minimum atomic E-state index is -0.981. The Morgan fingerprint density at radius 1 is 1.17 bits per heavy atom. The van der Waals surface area contributed by atoms with Crippen LogP contribution >= 0.6 is 0 Å². The van der Waals surface area contributed by atoms with Gasteiger partial charge < -0.3 is 19.2 Å². The number of benzene rings is 1. The molecule has 0 saturated heterocycles. The number of para-hydroxylation sites is 1. The monoisotopic (exact) mass is 506 g/mol. The van der Waals surface area contributed by atoms with E-state index in [0.29, 0.717) is 42.4 Å². The lowest BCUT2D eigenvalue weighted by Crippen LogP contribution is -2.31. The van der Waals surface area contributed by atoms with E-state index >= 15 is 0 Å². The number of amides is 2. The van der Waals surface area contributed by atoms with Crippen molar-refractivity contribution in [2.24, 2.45) is 0 Å². The van der Waals surface area contributed by atoms with Crippen LogP contribution < -0.4 is 21.0 Å². The molecule has 36 heavy (non-hydrogen) atoms. The molecule has 196 valence electrons. The fourth-order valence-corrected chi connectivity index (χ4v) is 2.95. The molecule has 0 aliphatic rings. The van der Waals surface area contributed by atoms with Crippen LogP contribution in [-0.2, 0) is 20.7 Å². The van der Waals surface area contributed by atoms with Crippen LogP contribution in [0.1, 0.15) is 66.8 Å². The van der Waals surface area contributed by atoms with Crippen molar-refractivity contribution in [1.82, 2.24) is 5.32 Å². The fourth-order valence-electron chi connectivity index (χ4n) is 2.95. The number of anilines is 1. The van der Waals surface area contributed by atoms with Gasteiger partial charge in [0, 0.05) is 27.0 Å². The third-order valence-corrected chi connectivity index (χ3v) is 4.60. The number of ether oxygens (including phenoxy) is 2. The minimum Gasteiger partial charge on any atom is -0.426 e. The second kappa shape index (κ2) is 15.2. The Balaban J connectivity index is 0.000000450. The standard InChI is InChI=1S/C16H23FN2O5.C9H8O3/c1-9(17)6-5-7-12-8-13(21)24-16(19-11(3)23-4)14(12)15(22)18-10(2)20;1-7(11)12-9-5-3-2-4-8(9)6-10/h8-9,11,19H,5-7H2,1-4H3,(H,18,20,22);2-6H,1H3. The molecule has 11 heteroatoms. The summed E-state index contributed by atoms with van der Waals surface area (Å²) in [6.07, 6.45) is 0.185. The lowest BCUT2D eigenvalue weighted by Gasteiger charge is -2.17. The topological polar surface area (TPSA) is 141 Å². The highest BCUT2D eigenvalue weighted by atomic mass is 19.1. The van der Waals surface area contributed by atoms with Gasteiger partial charge in [0.2, 0.25) is 11.8 Å². The molecule has 0 bridgehead atoms. The summed E-state index contributed by atoms with van der Waals surface area (Å²) in [4.78, 5) is 56.2. The van der Waals surface area contributed by atoms with Gasteiger partial charge in [0.25, 0.3) is 5.91 Å². The fraction of sp³-hybridized carbons (Fsp3) is 0.400. The summed E-state index contributed by atoms with van der Waals surface area (Å²) in [5.41, 5.74) is 0.160. The number of aryl methyl sites for hydroxylation is 1. The summed E-state index contributed by atoms with van der Waals surface area (Å²) in [7, 11) is 1.44. The summed E-state index contributed by atoms with van der Waals surface area (Å²) < 4.78 is 27.8. The molecule has 0 spiro atoms. The van der Waals surface area contributed by atoms with E-state index < -0.39 is 35.8 Å². The van der Waals surface area contributed by atoms with E-state index in [2.05, 4.69) is 10.6 Å². The van der Waals surface area contributed by atoms with E-state index in [4.69, 9.17) is 13.9 Å². The Morgan fingerprint density at radius 3 is 2.39 bits per heavy atom. The SMILES string of the molecule is CC(=O)Oc1ccccc1C=O.COC(C)Nc1oc(=O)cc(CCCC(C)F)c1C(=O)NC(C)=O. The van der Waals surface area contributed by atoms with Crippen LogP contribution in [0, 0.1) is 0 Å². The minimum absolute atomic E-state index is 0.0419. The van der Waals surface area contributed by atoms with Gasteiger partial charge in [0.05, 0.1) is 11.7 Å². The molecule has 10 nitrogen and oxygen atoms in total. The van der Waals surface area contributed by atoms with Gasteiger partial charge in [-0.25, -0.2) is 9.18 Å². The number of carbonyl (C=O) groups excluding carboxylic acids is 4. The molecule has 0 fully saturated rings. The Bertz CT molecular complexity index is 1110. The summed E-state index contributed by atoms with van der Waals surface area (Å²) in [6, 6.07) is 7.75. The van der Waals surface area contributed by atoms with Gasteiger partial charge in [-0.05, 0) is 50.8 Å². The predicted molar refractivity (Wildman–Crippen MR) is 130 cm³/mol. The molecular formula is C25H31FN2O8. The molecule has 1 aromatic carbocycles. The number of aldehydes is 1. The number of imide groups is 1. The highest BCUT2D eigenvalue weighted by Crippen LogP contribution is 2.21. The molecule has 2 rings (SSSR count). The highest BCUT2D eigenvalue weighted by molar-refractivity contribution is 6.07. The van der Waals surface area contributed by atoms with Gasteiger partial charge in [-0.15, -0.1) is 0 Å². The molecule has 1 heterocycles. The van der Waals surface area contributed by atoms with Crippen molar-refractivity contribution < 1.29 is 37.5 Å². The van der Waals surface area contributed by atoms with Gasteiger partial charge in [-0.2, -0.15) is 0 Å². The number of halogens is 1. The molecule has 2 atom stereocenters. The van der Waals surface area contributed by atoms with Gasteiger partial charge >= 0.3 is 11.6 Å². The van der Waals surface area contributed by atoms with Crippen LogP contribution in [0.15, 0.2) is 39.5 Å². The van der Waals surface area contributed by atoms with E-state index in [0.717, 1.165) is 0 Å². The molecule has 0 aliphatic heterocycles. The number of nitrogens with one attached hydrogen (secondary N) is 2. The molecule has 2 aromatic rings. The second-order valence-electron chi connectivity index (χ2n) is 7.75. The van der Waals surface area contributed by atoms with Gasteiger partial charge in [-0.1, -0.05) is 12.1 Å². The smallest absolute Gasteiger partial charge is 0.337 e. The Morgan fingerprint density at radius 2 is 1.83 bits per heavy atom.